The predicted molar refractivity (Wildman–Crippen MR) is 82.7 cm³/mol. The average molecular weight is 279 g/mol. The molecule has 1 heterocycles. The van der Waals surface area contributed by atoms with Crippen molar-refractivity contribution in [3.63, 3.8) is 0 Å². The second-order valence-electron chi connectivity index (χ2n) is 6.10. The molecule has 1 aliphatic carbocycles. The Hall–Kier alpha value is -0.870. The number of piperazine rings is 1. The number of carbonyl (C=O) groups excluding carboxylic acids is 1. The Bertz CT molecular complexity index is 333. The van der Waals surface area contributed by atoms with Gasteiger partial charge >= 0.3 is 0 Å². The van der Waals surface area contributed by atoms with Crippen LogP contribution in [0.3, 0.4) is 0 Å². The number of rotatable bonds is 6. The van der Waals surface area contributed by atoms with E-state index in [1.54, 1.807) is 0 Å². The van der Waals surface area contributed by atoms with Crippen LogP contribution in [0.5, 0.6) is 0 Å². The molecular weight excluding hydrogens is 250 g/mol. The summed E-state index contributed by atoms with van der Waals surface area (Å²) in [7, 11) is 2.16. The molecule has 0 unspecified atom stereocenters. The van der Waals surface area contributed by atoms with Gasteiger partial charge in [-0.2, -0.15) is 0 Å². The fourth-order valence-electron chi connectivity index (χ4n) is 2.91. The quantitative estimate of drug-likeness (QED) is 0.751. The summed E-state index contributed by atoms with van der Waals surface area (Å²) in [5.41, 5.74) is 1.54. The van der Waals surface area contributed by atoms with Crippen molar-refractivity contribution < 1.29 is 4.79 Å². The van der Waals surface area contributed by atoms with Gasteiger partial charge in [-0.25, -0.2) is 0 Å². The molecule has 0 radical (unpaired) electrons. The van der Waals surface area contributed by atoms with Gasteiger partial charge in [0.25, 0.3) is 0 Å². The molecule has 0 aromatic heterocycles. The van der Waals surface area contributed by atoms with Crippen LogP contribution in [-0.2, 0) is 4.79 Å². The maximum absolute atomic E-state index is 11.8. The first-order valence-electron chi connectivity index (χ1n) is 8.09. The lowest BCUT2D eigenvalue weighted by Crippen LogP contribution is -2.45. The second-order valence-corrected chi connectivity index (χ2v) is 6.10. The maximum atomic E-state index is 11.8. The summed E-state index contributed by atoms with van der Waals surface area (Å²) < 4.78 is 0. The highest BCUT2D eigenvalue weighted by atomic mass is 16.1. The molecule has 0 saturated carbocycles. The molecule has 20 heavy (non-hydrogen) atoms. The van der Waals surface area contributed by atoms with Gasteiger partial charge in [0.05, 0.1) is 0 Å². The molecule has 1 fully saturated rings. The van der Waals surface area contributed by atoms with Crippen molar-refractivity contribution in [2.24, 2.45) is 0 Å². The van der Waals surface area contributed by atoms with Gasteiger partial charge in [-0.15, -0.1) is 0 Å². The summed E-state index contributed by atoms with van der Waals surface area (Å²) in [5.74, 6) is 0.209. The molecule has 1 aliphatic heterocycles. The lowest BCUT2D eigenvalue weighted by atomic mass is 9.97. The van der Waals surface area contributed by atoms with E-state index in [1.807, 2.05) is 0 Å². The average Bonchev–Trinajstić information content (AvgIpc) is 2.48. The normalized spacial score (nSPS) is 21.6. The van der Waals surface area contributed by atoms with Crippen LogP contribution in [0, 0.1) is 0 Å². The van der Waals surface area contributed by atoms with Gasteiger partial charge in [0.15, 0.2) is 0 Å². The number of allylic oxidation sites excluding steroid dienone is 1. The number of carbonyl (C=O) groups is 1. The first-order chi connectivity index (χ1) is 9.74. The molecule has 1 amide bonds. The molecule has 0 aromatic carbocycles. The molecule has 1 N–H and O–H groups in total. The summed E-state index contributed by atoms with van der Waals surface area (Å²) >= 11 is 0. The molecule has 0 atom stereocenters. The Labute approximate surface area is 123 Å². The van der Waals surface area contributed by atoms with Gasteiger partial charge < -0.3 is 15.1 Å². The van der Waals surface area contributed by atoms with Gasteiger partial charge in [0.2, 0.25) is 5.91 Å². The third kappa shape index (κ3) is 5.63. The summed E-state index contributed by atoms with van der Waals surface area (Å²) in [6.45, 7) is 6.15. The Morgan fingerprint density at radius 2 is 2.05 bits per heavy atom. The van der Waals surface area contributed by atoms with E-state index >= 15 is 0 Å². The van der Waals surface area contributed by atoms with E-state index in [9.17, 15) is 4.79 Å². The number of hydrogen-bond acceptors (Lipinski definition) is 3. The van der Waals surface area contributed by atoms with Crippen LogP contribution < -0.4 is 5.32 Å². The van der Waals surface area contributed by atoms with Gasteiger partial charge in [0.1, 0.15) is 0 Å². The zero-order valence-corrected chi connectivity index (χ0v) is 12.9. The van der Waals surface area contributed by atoms with Crippen LogP contribution in [0.1, 0.15) is 38.5 Å². The standard InChI is InChI=1S/C16H29N3O/c1-18-11-13-19(14-12-18)10-8-16(20)17-9-7-15-5-3-2-4-6-15/h5H,2-4,6-14H2,1H3,(H,17,20). The van der Waals surface area contributed by atoms with Gasteiger partial charge in [-0.05, 0) is 39.2 Å². The van der Waals surface area contributed by atoms with Crippen LogP contribution in [0.2, 0.25) is 0 Å². The van der Waals surface area contributed by atoms with Crippen LogP contribution in [0.4, 0.5) is 0 Å². The molecule has 0 bridgehead atoms. The lowest BCUT2D eigenvalue weighted by Gasteiger charge is -2.32. The highest BCUT2D eigenvalue weighted by Gasteiger charge is 2.14. The minimum absolute atomic E-state index is 0.209. The number of nitrogens with zero attached hydrogens (tertiary/aromatic N) is 2. The van der Waals surface area contributed by atoms with Crippen molar-refractivity contribution in [1.29, 1.82) is 0 Å². The van der Waals surface area contributed by atoms with E-state index in [0.29, 0.717) is 6.42 Å². The topological polar surface area (TPSA) is 35.6 Å². The molecule has 0 spiro atoms. The van der Waals surface area contributed by atoms with E-state index in [4.69, 9.17) is 0 Å². The van der Waals surface area contributed by atoms with Crippen LogP contribution in [-0.4, -0.2) is 62.0 Å². The monoisotopic (exact) mass is 279 g/mol. The summed E-state index contributed by atoms with van der Waals surface area (Å²) in [6, 6.07) is 0. The largest absolute Gasteiger partial charge is 0.356 e. The molecule has 1 saturated heterocycles. The van der Waals surface area contributed by atoms with Crippen molar-refractivity contribution in [2.45, 2.75) is 38.5 Å². The van der Waals surface area contributed by atoms with E-state index in [-0.39, 0.29) is 5.91 Å². The van der Waals surface area contributed by atoms with Gasteiger partial charge in [0, 0.05) is 45.7 Å². The summed E-state index contributed by atoms with van der Waals surface area (Å²) in [6.07, 6.45) is 9.16. The minimum atomic E-state index is 0.209. The number of nitrogens with one attached hydrogen (secondary N) is 1. The summed E-state index contributed by atoms with van der Waals surface area (Å²) in [5, 5.41) is 3.06. The first kappa shape index (κ1) is 15.5. The highest BCUT2D eigenvalue weighted by molar-refractivity contribution is 5.76. The van der Waals surface area contributed by atoms with Crippen LogP contribution in [0.25, 0.3) is 0 Å². The Balaban J connectivity index is 1.53. The van der Waals surface area contributed by atoms with Gasteiger partial charge in [-0.3, -0.25) is 4.79 Å². The first-order valence-corrected chi connectivity index (χ1v) is 8.09. The fourth-order valence-corrected chi connectivity index (χ4v) is 2.91. The predicted octanol–water partition coefficient (Wildman–Crippen LogP) is 1.63. The molecule has 2 rings (SSSR count). The van der Waals surface area contributed by atoms with E-state index in [0.717, 1.165) is 45.7 Å². The fraction of sp³-hybridized carbons (Fsp3) is 0.812. The Morgan fingerprint density at radius 3 is 2.75 bits per heavy atom. The molecule has 0 aromatic rings. The van der Waals surface area contributed by atoms with Crippen LogP contribution in [0.15, 0.2) is 11.6 Å². The molecular formula is C16H29N3O. The maximum Gasteiger partial charge on any atom is 0.221 e. The molecule has 4 heteroatoms. The second kappa shape index (κ2) is 8.42. The third-order valence-electron chi connectivity index (χ3n) is 4.40. The Kier molecular flexibility index (Phi) is 6.54. The lowest BCUT2D eigenvalue weighted by molar-refractivity contribution is -0.121. The number of likely N-dealkylation sites (N-methyl/N-ethyl adjacent to an activating group) is 1. The minimum Gasteiger partial charge on any atom is -0.356 e. The van der Waals surface area contributed by atoms with E-state index in [1.165, 1.54) is 31.3 Å². The number of hydrogen-bond donors (Lipinski definition) is 1. The molecule has 114 valence electrons. The molecule has 4 nitrogen and oxygen atoms in total. The van der Waals surface area contributed by atoms with Crippen molar-refractivity contribution in [3.8, 4) is 0 Å². The number of amides is 1. The van der Waals surface area contributed by atoms with Crippen LogP contribution >= 0.6 is 0 Å². The van der Waals surface area contributed by atoms with E-state index < -0.39 is 0 Å². The van der Waals surface area contributed by atoms with Crippen molar-refractivity contribution in [1.82, 2.24) is 15.1 Å². The van der Waals surface area contributed by atoms with E-state index in [2.05, 4.69) is 28.2 Å². The zero-order valence-electron chi connectivity index (χ0n) is 12.9. The smallest absolute Gasteiger partial charge is 0.221 e. The third-order valence-corrected chi connectivity index (χ3v) is 4.40. The SMILES string of the molecule is CN1CCN(CCC(=O)NCCC2=CCCCC2)CC1. The molecule has 2 aliphatic rings. The van der Waals surface area contributed by atoms with Gasteiger partial charge in [-0.1, -0.05) is 11.6 Å². The van der Waals surface area contributed by atoms with Crippen molar-refractivity contribution in [3.05, 3.63) is 11.6 Å². The Morgan fingerprint density at radius 1 is 1.25 bits per heavy atom. The zero-order chi connectivity index (χ0) is 14.2. The van der Waals surface area contributed by atoms with Crippen molar-refractivity contribution >= 4 is 5.91 Å². The summed E-state index contributed by atoms with van der Waals surface area (Å²) in [4.78, 5) is 16.6. The highest BCUT2D eigenvalue weighted by Crippen LogP contribution is 2.19. The van der Waals surface area contributed by atoms with Crippen molar-refractivity contribution in [2.75, 3.05) is 46.3 Å².